The Hall–Kier alpha value is -4.23. The van der Waals surface area contributed by atoms with Crippen LogP contribution in [0.5, 0.6) is 5.75 Å². The molecule has 5 aromatic rings. The lowest BCUT2D eigenvalue weighted by Gasteiger charge is -2.20. The summed E-state index contributed by atoms with van der Waals surface area (Å²) in [5.41, 5.74) is 3.02. The van der Waals surface area contributed by atoms with Gasteiger partial charge in [0.05, 0.1) is 37.4 Å². The fourth-order valence-corrected chi connectivity index (χ4v) is 6.73. The number of hydrogen-bond acceptors (Lipinski definition) is 9. The third kappa shape index (κ3) is 6.74. The van der Waals surface area contributed by atoms with E-state index in [1.807, 2.05) is 101 Å². The normalized spacial score (nSPS) is 15.0. The van der Waals surface area contributed by atoms with Crippen LogP contribution in [0.2, 0.25) is 0 Å². The van der Waals surface area contributed by atoms with Gasteiger partial charge in [0.2, 0.25) is 11.5 Å². The monoisotopic (exact) mass is 647 g/mol. The first-order valence-corrected chi connectivity index (χ1v) is 17.8. The van der Waals surface area contributed by atoms with Crippen molar-refractivity contribution in [3.63, 3.8) is 0 Å². The molecule has 1 aromatic heterocycles. The second-order valence-electron chi connectivity index (χ2n) is 10.9. The maximum atomic E-state index is 11.4. The van der Waals surface area contributed by atoms with Crippen LogP contribution in [0.25, 0.3) is 38.7 Å². The van der Waals surface area contributed by atoms with Gasteiger partial charge in [0, 0.05) is 35.9 Å². The van der Waals surface area contributed by atoms with Crippen LogP contribution in [0.15, 0.2) is 94.7 Å². The lowest BCUT2D eigenvalue weighted by Crippen LogP contribution is -2.36. The zero-order chi connectivity index (χ0) is 31.8. The number of aromatic nitrogens is 1. The number of fused-ring (bicyclic) bond motifs is 6. The largest absolute Gasteiger partial charge is 0.748 e. The molecule has 45 heavy (non-hydrogen) atoms. The van der Waals surface area contributed by atoms with Crippen LogP contribution >= 0.6 is 0 Å². The minimum absolute atomic E-state index is 0.111. The maximum Gasteiger partial charge on any atom is 0.374 e. The maximum absolute atomic E-state index is 11.4. The van der Waals surface area contributed by atoms with Crippen LogP contribution < -0.4 is 14.2 Å². The van der Waals surface area contributed by atoms with Crippen LogP contribution in [-0.2, 0) is 26.8 Å². The van der Waals surface area contributed by atoms with Crippen molar-refractivity contribution in [2.45, 2.75) is 32.7 Å². The van der Waals surface area contributed by atoms with E-state index in [1.165, 1.54) is 0 Å². The van der Waals surface area contributed by atoms with E-state index in [-0.39, 0.29) is 25.9 Å². The number of hydrogen-bond donors (Lipinski definition) is 0. The standard InChI is InChI=1S/C33H32N2O8S2/c1-2-23(21-30-34(17-7-19-44(36,37)38)32-26-11-5-3-9-24(26)13-15-28(32)42-30)22-31-35(18-8-20-45(39,40)41)33-27-12-6-4-10-25(27)14-16-29(33)43-31/h3-6,9-16,21-22H,2,7-8,17-20H2,1H3,(H-,36,37,38,39,40,41)/p-1. The second-order valence-corrected chi connectivity index (χ2v) is 13.9. The molecule has 0 saturated heterocycles. The van der Waals surface area contributed by atoms with Gasteiger partial charge in [-0.05, 0) is 47.4 Å². The highest BCUT2D eigenvalue weighted by Crippen LogP contribution is 2.44. The Morgan fingerprint density at radius 2 is 1.49 bits per heavy atom. The molecule has 1 aliphatic heterocycles. The first kappa shape index (κ1) is 30.8. The average molecular weight is 648 g/mol. The van der Waals surface area contributed by atoms with Crippen LogP contribution in [0.4, 0.5) is 5.69 Å². The molecule has 0 N–H and O–H groups in total. The molecule has 0 unspecified atom stereocenters. The fourth-order valence-electron chi connectivity index (χ4n) is 5.77. The lowest BCUT2D eigenvalue weighted by molar-refractivity contribution is -0.677. The second kappa shape index (κ2) is 12.3. The SMILES string of the molecule is CCC(=C/c1oc2ccc3ccccc3c2[n+]1CCCS(=O)(=O)[O-])/C=C1/Oc2ccc3ccccc3c2N1CCCS(=O)(=O)[O-]. The van der Waals surface area contributed by atoms with Crippen molar-refractivity contribution in [3.05, 3.63) is 96.2 Å². The molecule has 0 atom stereocenters. The van der Waals surface area contributed by atoms with Crippen molar-refractivity contribution in [1.29, 1.82) is 0 Å². The third-order valence-corrected chi connectivity index (χ3v) is 9.38. The molecule has 0 radical (unpaired) electrons. The van der Waals surface area contributed by atoms with Crippen molar-refractivity contribution >= 4 is 64.6 Å². The van der Waals surface area contributed by atoms with Gasteiger partial charge in [0.25, 0.3) is 5.52 Å². The van der Waals surface area contributed by atoms with E-state index in [0.717, 1.165) is 38.3 Å². The van der Waals surface area contributed by atoms with Crippen molar-refractivity contribution in [2.24, 2.45) is 0 Å². The van der Waals surface area contributed by atoms with Gasteiger partial charge in [0.15, 0.2) is 12.3 Å². The van der Waals surface area contributed by atoms with Crippen LogP contribution in [0.3, 0.4) is 0 Å². The molecule has 234 valence electrons. The molecule has 4 aromatic carbocycles. The zero-order valence-corrected chi connectivity index (χ0v) is 26.1. The Labute approximate surface area is 261 Å². The van der Waals surface area contributed by atoms with E-state index in [0.29, 0.717) is 29.5 Å². The van der Waals surface area contributed by atoms with Crippen molar-refractivity contribution in [2.75, 3.05) is 23.0 Å². The number of allylic oxidation sites excluding steroid dienone is 2. The molecule has 0 fully saturated rings. The van der Waals surface area contributed by atoms with Gasteiger partial charge in [0.1, 0.15) is 0 Å². The summed E-state index contributed by atoms with van der Waals surface area (Å²) in [5.74, 6) is 0.565. The number of rotatable bonds is 11. The summed E-state index contributed by atoms with van der Waals surface area (Å²) < 4.78 is 82.9. The summed E-state index contributed by atoms with van der Waals surface area (Å²) in [6, 6.07) is 23.3. The summed E-state index contributed by atoms with van der Waals surface area (Å²) in [4.78, 5) is 1.89. The molecule has 0 saturated carbocycles. The van der Waals surface area contributed by atoms with E-state index >= 15 is 0 Å². The summed E-state index contributed by atoms with van der Waals surface area (Å²) in [5, 5.41) is 3.84. The minimum Gasteiger partial charge on any atom is -0.748 e. The molecule has 0 bridgehead atoms. The molecule has 6 rings (SSSR count). The molecular weight excluding hydrogens is 617 g/mol. The number of benzene rings is 4. The van der Waals surface area contributed by atoms with Crippen LogP contribution in [0, 0.1) is 0 Å². The van der Waals surface area contributed by atoms with Crippen LogP contribution in [-0.4, -0.2) is 44.0 Å². The quantitative estimate of drug-likeness (QED) is 0.135. The highest BCUT2D eigenvalue weighted by atomic mass is 32.2. The molecule has 12 heteroatoms. The summed E-state index contributed by atoms with van der Waals surface area (Å²) >= 11 is 0. The molecule has 0 aliphatic carbocycles. The molecular formula is C33H31N2O8S2-. The average Bonchev–Trinajstić information content (AvgIpc) is 3.53. The first-order valence-electron chi connectivity index (χ1n) is 14.6. The predicted octanol–water partition coefficient (Wildman–Crippen LogP) is 5.43. The van der Waals surface area contributed by atoms with Crippen LogP contribution in [0.1, 0.15) is 32.1 Å². The van der Waals surface area contributed by atoms with Gasteiger partial charge in [-0.3, -0.25) is 0 Å². The molecule has 0 amide bonds. The fraction of sp³-hybridized carbons (Fsp3) is 0.242. The Morgan fingerprint density at radius 3 is 2.20 bits per heavy atom. The predicted molar refractivity (Wildman–Crippen MR) is 171 cm³/mol. The van der Waals surface area contributed by atoms with Gasteiger partial charge in [-0.15, -0.1) is 0 Å². The summed E-state index contributed by atoms with van der Waals surface area (Å²) in [6.07, 6.45) is 4.51. The zero-order valence-electron chi connectivity index (χ0n) is 24.5. The van der Waals surface area contributed by atoms with Gasteiger partial charge >= 0.3 is 5.89 Å². The van der Waals surface area contributed by atoms with Gasteiger partial charge in [-0.25, -0.2) is 16.8 Å². The van der Waals surface area contributed by atoms with E-state index in [4.69, 9.17) is 9.15 Å². The smallest absolute Gasteiger partial charge is 0.374 e. The summed E-state index contributed by atoms with van der Waals surface area (Å²) in [6.45, 7) is 2.46. The third-order valence-electron chi connectivity index (χ3n) is 7.81. The highest BCUT2D eigenvalue weighted by Gasteiger charge is 2.29. The molecule has 2 heterocycles. The lowest BCUT2D eigenvalue weighted by atomic mass is 10.1. The minimum atomic E-state index is -4.39. The Bertz CT molecular complexity index is 2200. The molecule has 1 aliphatic rings. The number of aryl methyl sites for hydroxylation is 1. The Morgan fingerprint density at radius 1 is 0.844 bits per heavy atom. The van der Waals surface area contributed by atoms with Gasteiger partial charge < -0.3 is 23.2 Å². The Balaban J connectivity index is 1.44. The Kier molecular flexibility index (Phi) is 8.40. The number of ether oxygens (including phenoxy) is 1. The molecule has 10 nitrogen and oxygen atoms in total. The van der Waals surface area contributed by atoms with E-state index in [1.54, 1.807) is 0 Å². The van der Waals surface area contributed by atoms with Gasteiger partial charge in [-0.2, -0.15) is 4.57 Å². The van der Waals surface area contributed by atoms with E-state index in [9.17, 15) is 25.9 Å². The number of nitrogens with zero attached hydrogens (tertiary/aromatic N) is 2. The number of anilines is 1. The summed E-state index contributed by atoms with van der Waals surface area (Å²) in [7, 11) is -8.79. The van der Waals surface area contributed by atoms with E-state index < -0.39 is 31.7 Å². The highest BCUT2D eigenvalue weighted by molar-refractivity contribution is 7.85. The van der Waals surface area contributed by atoms with E-state index in [2.05, 4.69) is 0 Å². The first-order chi connectivity index (χ1) is 21.5. The number of oxazole rings is 1. The van der Waals surface area contributed by atoms with Gasteiger partial charge in [-0.1, -0.05) is 61.5 Å². The van der Waals surface area contributed by atoms with Crippen molar-refractivity contribution in [3.8, 4) is 5.75 Å². The van der Waals surface area contributed by atoms with Crippen molar-refractivity contribution < 1.29 is 39.7 Å². The topological polar surface area (TPSA) is 144 Å². The van der Waals surface area contributed by atoms with Crippen molar-refractivity contribution in [1.82, 2.24) is 0 Å². The molecule has 0 spiro atoms.